The number of amides is 3. The molecular formula is C18H34N4O5S2. The molecule has 0 aliphatic heterocycles. The van der Waals surface area contributed by atoms with Gasteiger partial charge >= 0.3 is 5.97 Å². The van der Waals surface area contributed by atoms with Gasteiger partial charge in [0.25, 0.3) is 0 Å². The predicted molar refractivity (Wildman–Crippen MR) is 118 cm³/mol. The van der Waals surface area contributed by atoms with Crippen LogP contribution in [0.3, 0.4) is 0 Å². The Morgan fingerprint density at radius 2 is 1.45 bits per heavy atom. The van der Waals surface area contributed by atoms with Crippen LogP contribution in [0.4, 0.5) is 0 Å². The Kier molecular flexibility index (Phi) is 13.0. The topological polar surface area (TPSA) is 151 Å². The van der Waals surface area contributed by atoms with Gasteiger partial charge in [0, 0.05) is 11.5 Å². The van der Waals surface area contributed by atoms with E-state index in [1.807, 2.05) is 20.8 Å². The molecule has 11 heteroatoms. The first-order chi connectivity index (χ1) is 13.5. The zero-order chi connectivity index (χ0) is 22.7. The summed E-state index contributed by atoms with van der Waals surface area (Å²) < 4.78 is 0. The van der Waals surface area contributed by atoms with Crippen LogP contribution < -0.4 is 21.7 Å². The van der Waals surface area contributed by atoms with Crippen molar-refractivity contribution in [1.82, 2.24) is 16.0 Å². The van der Waals surface area contributed by atoms with E-state index in [0.717, 1.165) is 0 Å². The summed E-state index contributed by atoms with van der Waals surface area (Å²) in [5.41, 5.74) is 5.60. The minimum Gasteiger partial charge on any atom is -0.480 e. The highest BCUT2D eigenvalue weighted by Gasteiger charge is 2.32. The predicted octanol–water partition coefficient (Wildman–Crippen LogP) is -0.195. The first-order valence-electron chi connectivity index (χ1n) is 9.59. The van der Waals surface area contributed by atoms with Gasteiger partial charge in [-0.25, -0.2) is 4.79 Å². The molecule has 0 aliphatic carbocycles. The minimum absolute atomic E-state index is 0.00316. The van der Waals surface area contributed by atoms with E-state index >= 15 is 0 Å². The number of carbonyl (C=O) groups excluding carboxylic acids is 3. The lowest BCUT2D eigenvalue weighted by atomic mass is 9.96. The van der Waals surface area contributed by atoms with Crippen LogP contribution in [0.2, 0.25) is 0 Å². The molecular weight excluding hydrogens is 416 g/mol. The Morgan fingerprint density at radius 1 is 0.897 bits per heavy atom. The van der Waals surface area contributed by atoms with E-state index in [9.17, 15) is 24.3 Å². The van der Waals surface area contributed by atoms with Crippen molar-refractivity contribution in [3.8, 4) is 0 Å². The van der Waals surface area contributed by atoms with Crippen LogP contribution in [-0.2, 0) is 19.2 Å². The van der Waals surface area contributed by atoms with Crippen molar-refractivity contribution in [3.63, 3.8) is 0 Å². The van der Waals surface area contributed by atoms with Gasteiger partial charge in [-0.2, -0.15) is 25.3 Å². The summed E-state index contributed by atoms with van der Waals surface area (Å²) in [5.74, 6) is -2.97. The smallest absolute Gasteiger partial charge is 0.326 e. The number of hydrogen-bond donors (Lipinski definition) is 7. The number of carbonyl (C=O) groups is 4. The van der Waals surface area contributed by atoms with Gasteiger partial charge in [-0.15, -0.1) is 0 Å². The molecule has 0 fully saturated rings. The molecule has 0 bridgehead atoms. The van der Waals surface area contributed by atoms with Gasteiger partial charge in [0.05, 0.1) is 6.04 Å². The van der Waals surface area contributed by atoms with Crippen molar-refractivity contribution >= 4 is 48.9 Å². The van der Waals surface area contributed by atoms with Gasteiger partial charge in [0.2, 0.25) is 17.7 Å². The van der Waals surface area contributed by atoms with E-state index in [0.29, 0.717) is 6.42 Å². The molecule has 0 heterocycles. The summed E-state index contributed by atoms with van der Waals surface area (Å²) in [5, 5.41) is 16.9. The molecule has 5 atom stereocenters. The highest BCUT2D eigenvalue weighted by atomic mass is 32.1. The second kappa shape index (κ2) is 13.7. The molecule has 0 spiro atoms. The van der Waals surface area contributed by atoms with Crippen molar-refractivity contribution in [3.05, 3.63) is 0 Å². The van der Waals surface area contributed by atoms with Gasteiger partial charge in [-0.1, -0.05) is 34.1 Å². The van der Waals surface area contributed by atoms with E-state index < -0.39 is 47.9 Å². The number of carboxylic acid groups (broad SMARTS) is 1. The summed E-state index contributed by atoms with van der Waals surface area (Å²) >= 11 is 8.03. The summed E-state index contributed by atoms with van der Waals surface area (Å²) in [6, 6.07) is -3.89. The molecule has 0 saturated heterocycles. The second-order valence-corrected chi connectivity index (χ2v) is 8.16. The van der Waals surface area contributed by atoms with Crippen LogP contribution >= 0.6 is 25.3 Å². The van der Waals surface area contributed by atoms with Crippen LogP contribution in [-0.4, -0.2) is 64.5 Å². The van der Waals surface area contributed by atoms with Gasteiger partial charge in [0.1, 0.15) is 18.1 Å². The molecule has 0 aromatic rings. The summed E-state index contributed by atoms with van der Waals surface area (Å²) in [6.07, 6.45) is 0.835. The first-order valence-corrected chi connectivity index (χ1v) is 10.9. The van der Waals surface area contributed by atoms with Crippen molar-refractivity contribution < 1.29 is 24.3 Å². The van der Waals surface area contributed by atoms with Crippen molar-refractivity contribution in [2.75, 3.05) is 11.5 Å². The number of carboxylic acids is 1. The van der Waals surface area contributed by atoms with E-state index in [2.05, 4.69) is 41.2 Å². The van der Waals surface area contributed by atoms with Crippen molar-refractivity contribution in [2.24, 2.45) is 17.6 Å². The molecule has 5 unspecified atom stereocenters. The number of hydrogen-bond acceptors (Lipinski definition) is 7. The molecule has 0 saturated carbocycles. The largest absolute Gasteiger partial charge is 0.480 e. The lowest BCUT2D eigenvalue weighted by Gasteiger charge is -2.28. The minimum atomic E-state index is -1.14. The molecule has 9 nitrogen and oxygen atoms in total. The van der Waals surface area contributed by atoms with Crippen molar-refractivity contribution in [2.45, 2.75) is 64.7 Å². The first kappa shape index (κ1) is 27.5. The van der Waals surface area contributed by atoms with Crippen LogP contribution in [0.15, 0.2) is 0 Å². The lowest BCUT2D eigenvalue weighted by molar-refractivity contribution is -0.143. The lowest BCUT2D eigenvalue weighted by Crippen LogP contribution is -2.59. The highest BCUT2D eigenvalue weighted by molar-refractivity contribution is 7.80. The summed E-state index contributed by atoms with van der Waals surface area (Å²) in [6.45, 7) is 7.33. The highest BCUT2D eigenvalue weighted by Crippen LogP contribution is 2.11. The standard InChI is InChI=1S/C18H34N4O5S2/c1-5-10(4)14(17(25)20-12(18(26)27)6-9(2)3)22-16(24)13(8-29)21-15(23)11(19)7-28/h9-14,28-29H,5-8,19H2,1-4H3,(H,20,25)(H,21,23)(H,22,24)(H,26,27). The normalized spacial score (nSPS) is 16.3. The number of rotatable bonds is 13. The fraction of sp³-hybridized carbons (Fsp3) is 0.778. The van der Waals surface area contributed by atoms with E-state index in [-0.39, 0.29) is 29.8 Å². The Balaban J connectivity index is 5.30. The number of aliphatic carboxylic acids is 1. The van der Waals surface area contributed by atoms with Crippen LogP contribution in [0.5, 0.6) is 0 Å². The van der Waals surface area contributed by atoms with E-state index in [1.54, 1.807) is 6.92 Å². The molecule has 0 aromatic heterocycles. The van der Waals surface area contributed by atoms with Gasteiger partial charge in [0.15, 0.2) is 0 Å². The molecule has 0 radical (unpaired) electrons. The van der Waals surface area contributed by atoms with E-state index in [1.165, 1.54) is 0 Å². The molecule has 0 aliphatic rings. The Morgan fingerprint density at radius 3 is 1.86 bits per heavy atom. The maximum atomic E-state index is 12.7. The maximum Gasteiger partial charge on any atom is 0.326 e. The number of nitrogens with one attached hydrogen (secondary N) is 3. The number of nitrogens with two attached hydrogens (primary N) is 1. The molecule has 29 heavy (non-hydrogen) atoms. The second-order valence-electron chi connectivity index (χ2n) is 7.43. The molecule has 0 rings (SSSR count). The molecule has 6 N–H and O–H groups in total. The van der Waals surface area contributed by atoms with Crippen LogP contribution in [0.1, 0.15) is 40.5 Å². The zero-order valence-corrected chi connectivity index (χ0v) is 19.1. The Hall–Kier alpha value is -1.46. The molecule has 3 amide bonds. The Bertz CT molecular complexity index is 576. The monoisotopic (exact) mass is 450 g/mol. The third-order valence-corrected chi connectivity index (χ3v) is 5.22. The van der Waals surface area contributed by atoms with E-state index in [4.69, 9.17) is 5.73 Å². The average molecular weight is 451 g/mol. The third-order valence-electron chi connectivity index (χ3n) is 4.46. The van der Waals surface area contributed by atoms with Gasteiger partial charge in [-0.05, 0) is 18.3 Å². The zero-order valence-electron chi connectivity index (χ0n) is 17.3. The summed E-state index contributed by atoms with van der Waals surface area (Å²) in [7, 11) is 0. The fourth-order valence-electron chi connectivity index (χ4n) is 2.47. The quantitative estimate of drug-likeness (QED) is 0.193. The summed E-state index contributed by atoms with van der Waals surface area (Å²) in [4.78, 5) is 48.7. The SMILES string of the molecule is CCC(C)C(NC(=O)C(CS)NC(=O)C(N)CS)C(=O)NC(CC(C)C)C(=O)O. The molecule has 168 valence electrons. The average Bonchev–Trinajstić information content (AvgIpc) is 2.67. The fourth-order valence-corrected chi connectivity index (χ4v) is 2.89. The molecule has 0 aromatic carbocycles. The Labute approximate surface area is 183 Å². The van der Waals surface area contributed by atoms with Crippen LogP contribution in [0, 0.1) is 11.8 Å². The van der Waals surface area contributed by atoms with Crippen molar-refractivity contribution in [1.29, 1.82) is 0 Å². The maximum absolute atomic E-state index is 12.7. The number of thiol groups is 2. The van der Waals surface area contributed by atoms with Gasteiger partial charge in [-0.3, -0.25) is 14.4 Å². The third kappa shape index (κ3) is 9.72. The van der Waals surface area contributed by atoms with Gasteiger partial charge < -0.3 is 26.8 Å². The van der Waals surface area contributed by atoms with Crippen LogP contribution in [0.25, 0.3) is 0 Å².